The van der Waals surface area contributed by atoms with Gasteiger partial charge in [-0.1, -0.05) is 18.2 Å². The zero-order chi connectivity index (χ0) is 20.8. The minimum absolute atomic E-state index is 0.123. The maximum atomic E-state index is 13.8. The van der Waals surface area contributed by atoms with Crippen LogP contribution in [0.15, 0.2) is 48.8 Å². The van der Waals surface area contributed by atoms with E-state index in [2.05, 4.69) is 15.5 Å². The van der Waals surface area contributed by atoms with E-state index in [4.69, 9.17) is 9.47 Å². The molecule has 0 aliphatic carbocycles. The van der Waals surface area contributed by atoms with Gasteiger partial charge in [0, 0.05) is 13.6 Å². The Balaban J connectivity index is 1.61. The van der Waals surface area contributed by atoms with E-state index in [1.165, 1.54) is 42.2 Å². The molecule has 3 rings (SSSR count). The second kappa shape index (κ2) is 8.91. The number of amides is 1. The van der Waals surface area contributed by atoms with E-state index in [9.17, 15) is 14.0 Å². The van der Waals surface area contributed by atoms with Gasteiger partial charge in [-0.15, -0.1) is 5.10 Å². The van der Waals surface area contributed by atoms with Gasteiger partial charge in [0.15, 0.2) is 18.2 Å². The van der Waals surface area contributed by atoms with Crippen LogP contribution in [0.1, 0.15) is 15.9 Å². The summed E-state index contributed by atoms with van der Waals surface area (Å²) in [5.74, 6) is -1.52. The predicted molar refractivity (Wildman–Crippen MR) is 98.9 cm³/mol. The van der Waals surface area contributed by atoms with Gasteiger partial charge in [-0.25, -0.2) is 9.18 Å². The zero-order valence-electron chi connectivity index (χ0n) is 15.8. The van der Waals surface area contributed by atoms with Crippen LogP contribution < -0.4 is 4.74 Å². The third kappa shape index (κ3) is 4.72. The van der Waals surface area contributed by atoms with Gasteiger partial charge in [-0.05, 0) is 40.3 Å². The highest BCUT2D eigenvalue weighted by Gasteiger charge is 2.18. The Bertz CT molecular complexity index is 1010. The first-order chi connectivity index (χ1) is 14.0. The van der Waals surface area contributed by atoms with Crippen LogP contribution in [0.3, 0.4) is 0 Å². The highest BCUT2D eigenvalue weighted by molar-refractivity contribution is 5.94. The maximum absolute atomic E-state index is 13.8. The fourth-order valence-electron chi connectivity index (χ4n) is 2.60. The topological polar surface area (TPSA) is 99.4 Å². The first-order valence-corrected chi connectivity index (χ1v) is 8.55. The number of likely N-dealkylation sites (N-methyl/N-ethyl adjacent to an activating group) is 1. The quantitative estimate of drug-likeness (QED) is 0.557. The number of rotatable bonds is 7. The van der Waals surface area contributed by atoms with Crippen molar-refractivity contribution in [1.82, 2.24) is 25.1 Å². The molecule has 0 radical (unpaired) electrons. The third-order valence-corrected chi connectivity index (χ3v) is 4.11. The van der Waals surface area contributed by atoms with Crippen LogP contribution >= 0.6 is 0 Å². The van der Waals surface area contributed by atoms with Crippen molar-refractivity contribution in [2.24, 2.45) is 0 Å². The second-order valence-corrected chi connectivity index (χ2v) is 6.07. The molecule has 1 amide bonds. The minimum atomic E-state index is -0.687. The molecule has 3 aromatic rings. The number of tetrazole rings is 1. The lowest BCUT2D eigenvalue weighted by Gasteiger charge is -2.18. The summed E-state index contributed by atoms with van der Waals surface area (Å²) in [5.41, 5.74) is 1.22. The molecule has 1 aromatic heterocycles. The highest BCUT2D eigenvalue weighted by atomic mass is 19.1. The number of ether oxygens (including phenoxy) is 2. The molecule has 0 saturated heterocycles. The van der Waals surface area contributed by atoms with E-state index in [-0.39, 0.29) is 17.9 Å². The number of methoxy groups -OCH3 is 1. The van der Waals surface area contributed by atoms with Gasteiger partial charge in [-0.3, -0.25) is 4.79 Å². The average molecular weight is 399 g/mol. The summed E-state index contributed by atoms with van der Waals surface area (Å²) >= 11 is 0. The van der Waals surface area contributed by atoms with Gasteiger partial charge in [-0.2, -0.15) is 4.68 Å². The van der Waals surface area contributed by atoms with Gasteiger partial charge >= 0.3 is 5.97 Å². The summed E-state index contributed by atoms with van der Waals surface area (Å²) in [6.45, 7) is -0.309. The summed E-state index contributed by atoms with van der Waals surface area (Å²) in [6.07, 6.45) is 1.35. The largest absolute Gasteiger partial charge is 0.494 e. The highest BCUT2D eigenvalue weighted by Crippen LogP contribution is 2.18. The van der Waals surface area contributed by atoms with Gasteiger partial charge in [0.25, 0.3) is 5.91 Å². The van der Waals surface area contributed by atoms with Crippen molar-refractivity contribution in [1.29, 1.82) is 0 Å². The van der Waals surface area contributed by atoms with E-state index in [0.29, 0.717) is 11.3 Å². The van der Waals surface area contributed by atoms with E-state index in [0.717, 1.165) is 0 Å². The Kier molecular flexibility index (Phi) is 6.12. The summed E-state index contributed by atoms with van der Waals surface area (Å²) in [6, 6.07) is 11.0. The number of hydrogen-bond acceptors (Lipinski definition) is 7. The van der Waals surface area contributed by atoms with Crippen molar-refractivity contribution in [3.8, 4) is 11.4 Å². The van der Waals surface area contributed by atoms with Crippen molar-refractivity contribution < 1.29 is 23.5 Å². The first-order valence-electron chi connectivity index (χ1n) is 8.55. The summed E-state index contributed by atoms with van der Waals surface area (Å²) < 4.78 is 25.1. The Morgan fingerprint density at radius 3 is 2.69 bits per heavy atom. The molecule has 2 aromatic carbocycles. The van der Waals surface area contributed by atoms with Crippen molar-refractivity contribution >= 4 is 11.9 Å². The van der Waals surface area contributed by atoms with E-state index < -0.39 is 24.3 Å². The number of hydrogen-bond donors (Lipinski definition) is 0. The Morgan fingerprint density at radius 2 is 2.00 bits per heavy atom. The van der Waals surface area contributed by atoms with E-state index in [1.807, 2.05) is 0 Å². The number of carbonyl (C=O) groups is 2. The fourth-order valence-corrected chi connectivity index (χ4v) is 2.60. The van der Waals surface area contributed by atoms with Crippen LogP contribution in [0.25, 0.3) is 5.69 Å². The molecular formula is C19H18FN5O4. The van der Waals surface area contributed by atoms with Gasteiger partial charge in [0.2, 0.25) is 0 Å². The number of aromatic nitrogens is 4. The van der Waals surface area contributed by atoms with Crippen molar-refractivity contribution in [3.05, 3.63) is 65.7 Å². The molecule has 0 saturated carbocycles. The van der Waals surface area contributed by atoms with Gasteiger partial charge in [0.1, 0.15) is 6.33 Å². The number of halogens is 1. The van der Waals surface area contributed by atoms with Crippen molar-refractivity contribution in [2.75, 3.05) is 20.8 Å². The Morgan fingerprint density at radius 1 is 1.21 bits per heavy atom. The van der Waals surface area contributed by atoms with E-state index >= 15 is 0 Å². The molecule has 0 unspecified atom stereocenters. The lowest BCUT2D eigenvalue weighted by molar-refractivity contribution is -0.133. The number of carbonyl (C=O) groups excluding carboxylic acids is 2. The van der Waals surface area contributed by atoms with Crippen LogP contribution in [0, 0.1) is 5.82 Å². The van der Waals surface area contributed by atoms with Crippen molar-refractivity contribution in [3.63, 3.8) is 0 Å². The predicted octanol–water partition coefficient (Wildman–Crippen LogP) is 1.63. The van der Waals surface area contributed by atoms with Crippen LogP contribution in [0.5, 0.6) is 5.75 Å². The monoisotopic (exact) mass is 399 g/mol. The molecule has 9 nitrogen and oxygen atoms in total. The molecule has 0 aliphatic heterocycles. The Labute approximate surface area is 165 Å². The fraction of sp³-hybridized carbons (Fsp3) is 0.211. The van der Waals surface area contributed by atoms with Crippen LogP contribution in [-0.4, -0.2) is 57.7 Å². The average Bonchev–Trinajstić information content (AvgIpc) is 3.26. The molecule has 0 aliphatic rings. The van der Waals surface area contributed by atoms with Crippen LogP contribution in [-0.2, 0) is 16.1 Å². The summed E-state index contributed by atoms with van der Waals surface area (Å²) in [5, 5.41) is 10.8. The van der Waals surface area contributed by atoms with Gasteiger partial charge < -0.3 is 14.4 Å². The molecule has 0 spiro atoms. The molecule has 0 N–H and O–H groups in total. The molecule has 29 heavy (non-hydrogen) atoms. The lowest BCUT2D eigenvalue weighted by Crippen LogP contribution is -2.31. The first kappa shape index (κ1) is 19.9. The maximum Gasteiger partial charge on any atom is 0.340 e. The standard InChI is InChI=1S/C19H18FN5O4/c1-24(10-13-7-8-17(28-2)15(20)9-13)18(26)11-29-19(27)14-5-3-4-6-16(14)25-12-21-22-23-25/h3-9,12H,10-11H2,1-2H3. The second-order valence-electron chi connectivity index (χ2n) is 6.07. The van der Waals surface area contributed by atoms with Crippen LogP contribution in [0.4, 0.5) is 4.39 Å². The van der Waals surface area contributed by atoms with Crippen molar-refractivity contribution in [2.45, 2.75) is 6.54 Å². The number of para-hydroxylation sites is 1. The molecule has 0 fully saturated rings. The summed E-state index contributed by atoms with van der Waals surface area (Å²) in [7, 11) is 2.91. The summed E-state index contributed by atoms with van der Waals surface area (Å²) in [4.78, 5) is 26.1. The third-order valence-electron chi connectivity index (χ3n) is 4.11. The number of esters is 1. The number of nitrogens with zero attached hydrogens (tertiary/aromatic N) is 5. The van der Waals surface area contributed by atoms with Crippen LogP contribution in [0.2, 0.25) is 0 Å². The zero-order valence-corrected chi connectivity index (χ0v) is 15.8. The molecule has 0 atom stereocenters. The molecule has 1 heterocycles. The Hall–Kier alpha value is -3.82. The lowest BCUT2D eigenvalue weighted by atomic mass is 10.2. The molecular weight excluding hydrogens is 381 g/mol. The molecule has 10 heteroatoms. The SMILES string of the molecule is COc1ccc(CN(C)C(=O)COC(=O)c2ccccc2-n2cnnn2)cc1F. The number of benzene rings is 2. The molecule has 150 valence electrons. The smallest absolute Gasteiger partial charge is 0.340 e. The molecule has 0 bridgehead atoms. The van der Waals surface area contributed by atoms with Gasteiger partial charge in [0.05, 0.1) is 18.4 Å². The van der Waals surface area contributed by atoms with E-state index in [1.54, 1.807) is 30.3 Å². The minimum Gasteiger partial charge on any atom is -0.494 e. The normalized spacial score (nSPS) is 10.4.